The molecule has 2 heterocycles. The molecule has 4 rings (SSSR count). The summed E-state index contributed by atoms with van der Waals surface area (Å²) in [6.45, 7) is 0.289. The molecule has 27 heavy (non-hydrogen) atoms. The molecule has 0 saturated carbocycles. The molecule has 136 valence electrons. The fourth-order valence-corrected chi connectivity index (χ4v) is 2.70. The van der Waals surface area contributed by atoms with Crippen LogP contribution in [0.15, 0.2) is 48.5 Å². The number of rotatable bonds is 3. The van der Waals surface area contributed by atoms with Crippen LogP contribution in [0.5, 0.6) is 5.75 Å². The Morgan fingerprint density at radius 1 is 1.07 bits per heavy atom. The van der Waals surface area contributed by atoms with E-state index in [-0.39, 0.29) is 29.4 Å². The van der Waals surface area contributed by atoms with Gasteiger partial charge >= 0.3 is 0 Å². The van der Waals surface area contributed by atoms with Crippen molar-refractivity contribution < 1.29 is 23.0 Å². The fraction of sp³-hybridized carbons (Fsp3) is 0.105. The number of halogens is 2. The predicted octanol–water partition coefficient (Wildman–Crippen LogP) is 3.13. The van der Waals surface area contributed by atoms with Gasteiger partial charge in [-0.25, -0.2) is 18.7 Å². The number of carbonyl (C=O) groups is 1. The van der Waals surface area contributed by atoms with E-state index < -0.39 is 23.8 Å². The average Bonchev–Trinajstić information content (AvgIpc) is 2.69. The molecule has 1 amide bonds. The van der Waals surface area contributed by atoms with Crippen molar-refractivity contribution in [3.8, 4) is 17.0 Å². The molecule has 0 bridgehead atoms. The summed E-state index contributed by atoms with van der Waals surface area (Å²) >= 11 is 0. The summed E-state index contributed by atoms with van der Waals surface area (Å²) in [6.07, 6.45) is -0.898. The first kappa shape index (κ1) is 17.0. The Bertz CT molecular complexity index is 1040. The van der Waals surface area contributed by atoms with E-state index in [1.165, 1.54) is 12.1 Å². The lowest BCUT2D eigenvalue weighted by Gasteiger charge is -2.26. The van der Waals surface area contributed by atoms with Gasteiger partial charge in [0.2, 0.25) is 12.1 Å². The minimum absolute atomic E-state index is 0.193. The Kier molecular flexibility index (Phi) is 4.25. The lowest BCUT2D eigenvalue weighted by atomic mass is 10.1. The first-order chi connectivity index (χ1) is 13.0. The van der Waals surface area contributed by atoms with Gasteiger partial charge in [-0.1, -0.05) is 18.2 Å². The van der Waals surface area contributed by atoms with Crippen molar-refractivity contribution in [3.63, 3.8) is 0 Å². The van der Waals surface area contributed by atoms with Crippen molar-refractivity contribution >= 4 is 5.91 Å². The van der Waals surface area contributed by atoms with E-state index in [9.17, 15) is 13.6 Å². The molecule has 1 unspecified atom stereocenters. The molecular weight excluding hydrogens is 356 g/mol. The zero-order valence-electron chi connectivity index (χ0n) is 13.9. The van der Waals surface area contributed by atoms with Crippen LogP contribution in [0.4, 0.5) is 8.78 Å². The smallest absolute Gasteiger partial charge is 0.286 e. The normalized spacial score (nSPS) is 15.7. The van der Waals surface area contributed by atoms with Crippen molar-refractivity contribution in [2.45, 2.75) is 12.9 Å². The highest BCUT2D eigenvalue weighted by Gasteiger charge is 2.25. The number of hydrogen-bond acceptors (Lipinski definition) is 5. The third-order valence-corrected chi connectivity index (χ3v) is 4.02. The monoisotopic (exact) mass is 369 g/mol. The number of fused-ring (bicyclic) bond motifs is 1. The maximum absolute atomic E-state index is 13.6. The summed E-state index contributed by atoms with van der Waals surface area (Å²) in [5, 5.41) is 0. The minimum Gasteiger partial charge on any atom is -0.459 e. The molecule has 0 radical (unpaired) electrons. The number of benzene rings is 2. The highest BCUT2D eigenvalue weighted by molar-refractivity contribution is 5.89. The maximum atomic E-state index is 13.6. The van der Waals surface area contributed by atoms with Crippen LogP contribution in [0.1, 0.15) is 28.2 Å². The van der Waals surface area contributed by atoms with Gasteiger partial charge < -0.3 is 15.2 Å². The van der Waals surface area contributed by atoms with Crippen LogP contribution < -0.4 is 10.5 Å². The number of amides is 1. The van der Waals surface area contributed by atoms with Crippen molar-refractivity contribution in [1.82, 2.24) is 9.97 Å². The Morgan fingerprint density at radius 3 is 2.67 bits per heavy atom. The van der Waals surface area contributed by atoms with Crippen LogP contribution >= 0.6 is 0 Å². The lowest BCUT2D eigenvalue weighted by molar-refractivity contribution is -0.114. The summed E-state index contributed by atoms with van der Waals surface area (Å²) in [6, 6.07) is 12.1. The van der Waals surface area contributed by atoms with Gasteiger partial charge in [0.05, 0.1) is 12.3 Å². The van der Waals surface area contributed by atoms with Crippen LogP contribution in [0.2, 0.25) is 0 Å². The molecule has 3 aromatic rings. The van der Waals surface area contributed by atoms with Crippen molar-refractivity contribution in [2.24, 2.45) is 5.73 Å². The SMILES string of the molecule is NC(=O)c1nc(-c2ccc(F)c(F)c2)cc(C2OCc3ccccc3O2)n1. The fourth-order valence-electron chi connectivity index (χ4n) is 2.70. The number of para-hydroxylation sites is 1. The highest BCUT2D eigenvalue weighted by Crippen LogP contribution is 2.33. The maximum Gasteiger partial charge on any atom is 0.286 e. The first-order valence-corrected chi connectivity index (χ1v) is 8.01. The Balaban J connectivity index is 1.76. The molecule has 0 aliphatic carbocycles. The quantitative estimate of drug-likeness (QED) is 0.766. The molecule has 2 N–H and O–H groups in total. The number of carbonyl (C=O) groups excluding carboxylic acids is 1. The number of nitrogens with zero attached hydrogens (tertiary/aromatic N) is 2. The van der Waals surface area contributed by atoms with Crippen LogP contribution in [-0.2, 0) is 11.3 Å². The minimum atomic E-state index is -1.03. The molecule has 1 aliphatic heterocycles. The van der Waals surface area contributed by atoms with Gasteiger partial charge in [0.1, 0.15) is 11.4 Å². The van der Waals surface area contributed by atoms with Gasteiger partial charge in [-0.15, -0.1) is 0 Å². The van der Waals surface area contributed by atoms with Crippen molar-refractivity contribution in [2.75, 3.05) is 0 Å². The van der Waals surface area contributed by atoms with E-state index in [0.717, 1.165) is 17.7 Å². The van der Waals surface area contributed by atoms with Crippen LogP contribution in [0.25, 0.3) is 11.3 Å². The molecule has 1 aromatic heterocycles. The van der Waals surface area contributed by atoms with Gasteiger partial charge in [-0.2, -0.15) is 0 Å². The number of aromatic nitrogens is 2. The first-order valence-electron chi connectivity index (χ1n) is 8.01. The van der Waals surface area contributed by atoms with E-state index in [1.54, 1.807) is 6.07 Å². The second-order valence-corrected chi connectivity index (χ2v) is 5.86. The highest BCUT2D eigenvalue weighted by atomic mass is 19.2. The van der Waals surface area contributed by atoms with E-state index in [4.69, 9.17) is 15.2 Å². The molecular formula is C19H13F2N3O3. The van der Waals surface area contributed by atoms with E-state index in [0.29, 0.717) is 5.75 Å². The van der Waals surface area contributed by atoms with Crippen LogP contribution in [0, 0.1) is 11.6 Å². The van der Waals surface area contributed by atoms with Crippen molar-refractivity contribution in [3.05, 3.63) is 77.2 Å². The molecule has 2 aromatic carbocycles. The number of hydrogen-bond donors (Lipinski definition) is 1. The molecule has 1 atom stereocenters. The van der Waals surface area contributed by atoms with Crippen LogP contribution in [-0.4, -0.2) is 15.9 Å². The largest absolute Gasteiger partial charge is 0.459 e. The van der Waals surface area contributed by atoms with Gasteiger partial charge in [-0.05, 0) is 30.3 Å². The second-order valence-electron chi connectivity index (χ2n) is 5.86. The lowest BCUT2D eigenvalue weighted by Crippen LogP contribution is -2.22. The average molecular weight is 369 g/mol. The van der Waals surface area contributed by atoms with Crippen molar-refractivity contribution in [1.29, 1.82) is 0 Å². The number of primary amides is 1. The summed E-state index contributed by atoms with van der Waals surface area (Å²) in [4.78, 5) is 19.7. The zero-order valence-corrected chi connectivity index (χ0v) is 13.9. The molecule has 8 heteroatoms. The van der Waals surface area contributed by atoms with Gasteiger partial charge in [-0.3, -0.25) is 4.79 Å². The Hall–Kier alpha value is -3.39. The number of nitrogens with two attached hydrogens (primary N) is 1. The summed E-state index contributed by atoms with van der Waals surface area (Å²) in [5.74, 6) is -2.54. The van der Waals surface area contributed by atoms with E-state index >= 15 is 0 Å². The summed E-state index contributed by atoms with van der Waals surface area (Å²) < 4.78 is 38.2. The molecule has 0 fully saturated rings. The van der Waals surface area contributed by atoms with Gasteiger partial charge in [0.25, 0.3) is 5.91 Å². The van der Waals surface area contributed by atoms with Gasteiger partial charge in [0, 0.05) is 11.1 Å². The Labute approximate surface area is 152 Å². The molecule has 6 nitrogen and oxygen atoms in total. The summed E-state index contributed by atoms with van der Waals surface area (Å²) in [7, 11) is 0. The second kappa shape index (κ2) is 6.73. The Morgan fingerprint density at radius 2 is 1.89 bits per heavy atom. The third kappa shape index (κ3) is 3.34. The van der Waals surface area contributed by atoms with E-state index in [2.05, 4.69) is 9.97 Å². The molecule has 1 aliphatic rings. The topological polar surface area (TPSA) is 87.3 Å². The predicted molar refractivity (Wildman–Crippen MR) is 90.5 cm³/mol. The van der Waals surface area contributed by atoms with Crippen LogP contribution in [0.3, 0.4) is 0 Å². The van der Waals surface area contributed by atoms with E-state index in [1.807, 2.05) is 18.2 Å². The standard InChI is InChI=1S/C19H13F2N3O3/c20-12-6-5-10(7-13(12)21)14-8-15(24-18(23-14)17(22)25)19-26-9-11-3-1-2-4-16(11)27-19/h1-8,19H,9H2,(H2,22,25). The summed E-state index contributed by atoms with van der Waals surface area (Å²) in [5.41, 5.74) is 6.88. The molecule has 0 saturated heterocycles. The number of ether oxygens (including phenoxy) is 2. The third-order valence-electron chi connectivity index (χ3n) is 4.02. The zero-order chi connectivity index (χ0) is 19.0. The molecule has 0 spiro atoms. The van der Waals surface area contributed by atoms with Gasteiger partial charge in [0.15, 0.2) is 11.6 Å².